The van der Waals surface area contributed by atoms with Crippen LogP contribution in [0.5, 0.6) is 0 Å². The van der Waals surface area contributed by atoms with Crippen LogP contribution in [0.15, 0.2) is 34.8 Å². The molecular weight excluding hydrogens is 288 g/mol. The Balaban J connectivity index is 2.13. The Morgan fingerprint density at radius 3 is 2.86 bits per heavy atom. The maximum Gasteiger partial charge on any atom is 0.250 e. The summed E-state index contributed by atoms with van der Waals surface area (Å²) in [4.78, 5) is 11.9. The molecule has 0 saturated heterocycles. The average molecular weight is 301 g/mol. The number of nitriles is 1. The molecule has 0 spiro atoms. The molecule has 21 heavy (non-hydrogen) atoms. The lowest BCUT2D eigenvalue weighted by Gasteiger charge is -1.98. The zero-order valence-electron chi connectivity index (χ0n) is 11.6. The van der Waals surface area contributed by atoms with Gasteiger partial charge < -0.3 is 4.42 Å². The molecule has 1 heterocycles. The van der Waals surface area contributed by atoms with Gasteiger partial charge in [-0.15, -0.1) is 0 Å². The molecule has 0 aliphatic rings. The summed E-state index contributed by atoms with van der Waals surface area (Å²) in [6.45, 7) is 3.52. The average Bonchev–Trinajstić information content (AvgIpc) is 2.71. The summed E-state index contributed by atoms with van der Waals surface area (Å²) < 4.78 is 5.37. The Hall–Kier alpha value is -2.51. The van der Waals surface area contributed by atoms with Crippen LogP contribution in [0.3, 0.4) is 0 Å². The van der Waals surface area contributed by atoms with E-state index in [2.05, 4.69) is 5.32 Å². The molecule has 0 unspecified atom stereocenters. The summed E-state index contributed by atoms with van der Waals surface area (Å²) in [5.41, 5.74) is 1.88. The van der Waals surface area contributed by atoms with E-state index in [1.165, 1.54) is 6.08 Å². The van der Waals surface area contributed by atoms with Crippen molar-refractivity contribution in [3.05, 3.63) is 57.8 Å². The largest absolute Gasteiger partial charge is 0.444 e. The number of hydrogen-bond acceptors (Lipinski definition) is 3. The van der Waals surface area contributed by atoms with Gasteiger partial charge in [0, 0.05) is 16.7 Å². The fourth-order valence-corrected chi connectivity index (χ4v) is 1.98. The van der Waals surface area contributed by atoms with Crippen LogP contribution in [0.4, 0.5) is 5.88 Å². The number of nitrogens with one attached hydrogen (secondary N) is 1. The first-order chi connectivity index (χ1) is 10.0. The van der Waals surface area contributed by atoms with Crippen molar-refractivity contribution in [2.24, 2.45) is 0 Å². The highest BCUT2D eigenvalue weighted by Crippen LogP contribution is 2.25. The van der Waals surface area contributed by atoms with Gasteiger partial charge in [0.15, 0.2) is 0 Å². The zero-order chi connectivity index (χ0) is 15.4. The molecule has 2 aromatic rings. The SMILES string of the molecule is Cc1oc(NC(=O)/C=C/c2cccc(Cl)c2)c(C#N)c1C. The van der Waals surface area contributed by atoms with Crippen molar-refractivity contribution >= 4 is 29.5 Å². The first kappa shape index (κ1) is 14.9. The van der Waals surface area contributed by atoms with Crippen molar-refractivity contribution in [2.45, 2.75) is 13.8 Å². The van der Waals surface area contributed by atoms with Crippen molar-refractivity contribution in [3.63, 3.8) is 0 Å². The van der Waals surface area contributed by atoms with E-state index in [0.29, 0.717) is 16.3 Å². The maximum atomic E-state index is 11.9. The van der Waals surface area contributed by atoms with E-state index in [1.54, 1.807) is 38.1 Å². The van der Waals surface area contributed by atoms with E-state index in [-0.39, 0.29) is 11.8 Å². The normalized spacial score (nSPS) is 10.6. The van der Waals surface area contributed by atoms with Gasteiger partial charge >= 0.3 is 0 Å². The highest BCUT2D eigenvalue weighted by molar-refractivity contribution is 6.30. The van der Waals surface area contributed by atoms with Crippen LogP contribution in [0.2, 0.25) is 5.02 Å². The second-order valence-corrected chi connectivity index (χ2v) is 4.91. The number of anilines is 1. The summed E-state index contributed by atoms with van der Waals surface area (Å²) in [5.74, 6) is 0.411. The summed E-state index contributed by atoms with van der Waals surface area (Å²) >= 11 is 5.86. The Morgan fingerprint density at radius 1 is 1.43 bits per heavy atom. The van der Waals surface area contributed by atoms with Gasteiger partial charge in [0.2, 0.25) is 5.88 Å². The van der Waals surface area contributed by atoms with Crippen LogP contribution >= 0.6 is 11.6 Å². The van der Waals surface area contributed by atoms with Gasteiger partial charge in [-0.2, -0.15) is 5.26 Å². The van der Waals surface area contributed by atoms with Gasteiger partial charge in [-0.1, -0.05) is 23.7 Å². The zero-order valence-corrected chi connectivity index (χ0v) is 12.4. The molecule has 4 nitrogen and oxygen atoms in total. The summed E-state index contributed by atoms with van der Waals surface area (Å²) in [5, 5.41) is 12.2. The number of nitrogens with zero attached hydrogens (tertiary/aromatic N) is 1. The maximum absolute atomic E-state index is 11.9. The summed E-state index contributed by atoms with van der Waals surface area (Å²) in [6.07, 6.45) is 3.00. The molecule has 0 atom stereocenters. The first-order valence-electron chi connectivity index (χ1n) is 6.26. The third-order valence-corrected chi connectivity index (χ3v) is 3.24. The highest BCUT2D eigenvalue weighted by atomic mass is 35.5. The molecule has 1 amide bonds. The molecule has 0 radical (unpaired) electrons. The Bertz CT molecular complexity index is 754. The first-order valence-corrected chi connectivity index (χ1v) is 6.63. The Kier molecular flexibility index (Phi) is 4.46. The van der Waals surface area contributed by atoms with Crippen LogP contribution < -0.4 is 5.32 Å². The van der Waals surface area contributed by atoms with E-state index in [1.807, 2.05) is 12.1 Å². The lowest BCUT2D eigenvalue weighted by Crippen LogP contribution is -2.08. The number of carbonyl (C=O) groups excluding carboxylic acids is 1. The minimum atomic E-state index is -0.375. The van der Waals surface area contributed by atoms with E-state index >= 15 is 0 Å². The predicted molar refractivity (Wildman–Crippen MR) is 82.0 cm³/mol. The molecule has 0 aliphatic carbocycles. The third-order valence-electron chi connectivity index (χ3n) is 3.01. The second kappa shape index (κ2) is 6.29. The molecule has 1 aromatic heterocycles. The van der Waals surface area contributed by atoms with Crippen LogP contribution in [-0.2, 0) is 4.79 Å². The van der Waals surface area contributed by atoms with Crippen molar-refractivity contribution in [2.75, 3.05) is 5.32 Å². The summed E-state index contributed by atoms with van der Waals surface area (Å²) in [7, 11) is 0. The minimum Gasteiger partial charge on any atom is -0.444 e. The molecule has 2 rings (SSSR count). The third kappa shape index (κ3) is 3.53. The van der Waals surface area contributed by atoms with Gasteiger partial charge in [0.05, 0.1) is 0 Å². The van der Waals surface area contributed by atoms with E-state index in [0.717, 1.165) is 11.1 Å². The smallest absolute Gasteiger partial charge is 0.250 e. The van der Waals surface area contributed by atoms with Crippen molar-refractivity contribution in [3.8, 4) is 6.07 Å². The molecule has 0 saturated carbocycles. The fourth-order valence-electron chi connectivity index (χ4n) is 1.79. The predicted octanol–water partition coefficient (Wildman–Crippen LogP) is 4.07. The minimum absolute atomic E-state index is 0.174. The molecule has 1 aromatic carbocycles. The fraction of sp³-hybridized carbons (Fsp3) is 0.125. The Labute approximate surface area is 127 Å². The van der Waals surface area contributed by atoms with Gasteiger partial charge in [0.25, 0.3) is 5.91 Å². The van der Waals surface area contributed by atoms with E-state index < -0.39 is 0 Å². The van der Waals surface area contributed by atoms with Crippen LogP contribution in [0.25, 0.3) is 6.08 Å². The van der Waals surface area contributed by atoms with Crippen LogP contribution in [-0.4, -0.2) is 5.91 Å². The van der Waals surface area contributed by atoms with Gasteiger partial charge in [-0.3, -0.25) is 10.1 Å². The molecule has 106 valence electrons. The lowest BCUT2D eigenvalue weighted by molar-refractivity contribution is -0.111. The van der Waals surface area contributed by atoms with Gasteiger partial charge in [-0.25, -0.2) is 0 Å². The van der Waals surface area contributed by atoms with Crippen molar-refractivity contribution < 1.29 is 9.21 Å². The molecule has 0 bridgehead atoms. The molecule has 5 heteroatoms. The molecular formula is C16H13ClN2O2. The topological polar surface area (TPSA) is 66.0 Å². The standard InChI is InChI=1S/C16H13ClN2O2/c1-10-11(2)21-16(14(10)9-18)19-15(20)7-6-12-4-3-5-13(17)8-12/h3-8H,1-2H3,(H,19,20)/b7-6+. The van der Waals surface area contributed by atoms with E-state index in [4.69, 9.17) is 21.3 Å². The highest BCUT2D eigenvalue weighted by Gasteiger charge is 2.15. The van der Waals surface area contributed by atoms with Crippen LogP contribution in [0.1, 0.15) is 22.5 Å². The molecule has 0 fully saturated rings. The van der Waals surface area contributed by atoms with Crippen molar-refractivity contribution in [1.29, 1.82) is 5.26 Å². The number of rotatable bonds is 3. The monoisotopic (exact) mass is 300 g/mol. The lowest BCUT2D eigenvalue weighted by atomic mass is 10.2. The van der Waals surface area contributed by atoms with Gasteiger partial charge in [0.1, 0.15) is 17.4 Å². The molecule has 0 aliphatic heterocycles. The number of halogens is 1. The Morgan fingerprint density at radius 2 is 2.19 bits per heavy atom. The number of aryl methyl sites for hydroxylation is 1. The second-order valence-electron chi connectivity index (χ2n) is 4.48. The van der Waals surface area contributed by atoms with Crippen molar-refractivity contribution in [1.82, 2.24) is 0 Å². The quantitative estimate of drug-likeness (QED) is 0.869. The van der Waals surface area contributed by atoms with Gasteiger partial charge in [-0.05, 0) is 37.6 Å². The summed E-state index contributed by atoms with van der Waals surface area (Å²) in [6, 6.07) is 9.15. The number of amides is 1. The molecule has 1 N–H and O–H groups in total. The number of furan rings is 1. The van der Waals surface area contributed by atoms with E-state index in [9.17, 15) is 4.79 Å². The number of benzene rings is 1. The van der Waals surface area contributed by atoms with Crippen LogP contribution in [0, 0.1) is 25.2 Å². The number of carbonyl (C=O) groups is 1. The number of hydrogen-bond donors (Lipinski definition) is 1.